The summed E-state index contributed by atoms with van der Waals surface area (Å²) in [6, 6.07) is 0.0894. The third kappa shape index (κ3) is 5.44. The first kappa shape index (κ1) is 24.5. The average molecular weight is 437 g/mol. The molecule has 0 bridgehead atoms. The highest BCUT2D eigenvalue weighted by atomic mass is 16.5. The Morgan fingerprint density at radius 1 is 1.19 bits per heavy atom. The van der Waals surface area contributed by atoms with Crippen LogP contribution in [-0.2, 0) is 14.3 Å². The molecule has 0 spiro atoms. The third-order valence-corrected chi connectivity index (χ3v) is 8.28. The number of carbonyl (C=O) groups is 2. The van der Waals surface area contributed by atoms with Crippen molar-refractivity contribution in [1.82, 2.24) is 10.2 Å². The summed E-state index contributed by atoms with van der Waals surface area (Å²) in [6.07, 6.45) is 3.89. The molecule has 1 aliphatic heterocycles. The summed E-state index contributed by atoms with van der Waals surface area (Å²) < 4.78 is 5.39. The van der Waals surface area contributed by atoms with Crippen LogP contribution >= 0.6 is 0 Å². The van der Waals surface area contributed by atoms with Crippen molar-refractivity contribution in [2.75, 3.05) is 26.3 Å². The van der Waals surface area contributed by atoms with Crippen LogP contribution in [0.15, 0.2) is 0 Å². The lowest BCUT2D eigenvalue weighted by molar-refractivity contribution is -0.154. The fourth-order valence-corrected chi connectivity index (χ4v) is 6.49. The molecule has 1 saturated heterocycles. The molecule has 3 rings (SSSR count). The molecule has 3 fully saturated rings. The van der Waals surface area contributed by atoms with Crippen LogP contribution in [0.25, 0.3) is 0 Å². The van der Waals surface area contributed by atoms with Crippen molar-refractivity contribution >= 4 is 11.8 Å². The van der Waals surface area contributed by atoms with Gasteiger partial charge in [-0.1, -0.05) is 41.5 Å². The first-order chi connectivity index (χ1) is 14.4. The third-order valence-electron chi connectivity index (χ3n) is 8.28. The Morgan fingerprint density at radius 2 is 1.81 bits per heavy atom. The number of fused-ring (bicyclic) bond motifs is 1. The maximum atomic E-state index is 13.1. The number of amides is 2. The minimum absolute atomic E-state index is 0.0279. The van der Waals surface area contributed by atoms with E-state index >= 15 is 0 Å². The van der Waals surface area contributed by atoms with Crippen LogP contribution in [0.4, 0.5) is 0 Å². The zero-order valence-corrected chi connectivity index (χ0v) is 20.4. The Bertz CT molecular complexity index is 654. The van der Waals surface area contributed by atoms with Crippen molar-refractivity contribution < 1.29 is 19.4 Å². The van der Waals surface area contributed by atoms with Gasteiger partial charge in [0, 0.05) is 31.5 Å². The van der Waals surface area contributed by atoms with Gasteiger partial charge in [0.05, 0.1) is 19.3 Å². The smallest absolute Gasteiger partial charge is 0.225 e. The molecule has 6 nitrogen and oxygen atoms in total. The first-order valence-electron chi connectivity index (χ1n) is 12.3. The summed E-state index contributed by atoms with van der Waals surface area (Å²) >= 11 is 0. The molecular formula is C25H44N2O4. The molecule has 0 aromatic carbocycles. The molecule has 31 heavy (non-hydrogen) atoms. The molecule has 0 aromatic heterocycles. The van der Waals surface area contributed by atoms with Crippen molar-refractivity contribution in [2.24, 2.45) is 34.5 Å². The molecule has 0 radical (unpaired) electrons. The molecule has 178 valence electrons. The predicted molar refractivity (Wildman–Crippen MR) is 121 cm³/mol. The standard InChI is InChI=1S/C25H44N2O4/c1-16(23(30)27-11-13-31-14-12-27)18-7-9-25(6)10-8-19(17(2)21(25)22(18)29)26-20(28)15-24(3,4)5/h16-19,21-22,29H,7-15H2,1-6H3,(H,26,28). The van der Waals surface area contributed by atoms with Crippen LogP contribution in [0.3, 0.4) is 0 Å². The number of ether oxygens (including phenoxy) is 1. The number of nitrogens with zero attached hydrogens (tertiary/aromatic N) is 1. The van der Waals surface area contributed by atoms with Crippen LogP contribution in [0.1, 0.15) is 73.6 Å². The largest absolute Gasteiger partial charge is 0.392 e. The highest BCUT2D eigenvalue weighted by molar-refractivity contribution is 5.79. The molecule has 1 heterocycles. The van der Waals surface area contributed by atoms with Crippen molar-refractivity contribution in [2.45, 2.75) is 85.8 Å². The van der Waals surface area contributed by atoms with E-state index in [4.69, 9.17) is 4.74 Å². The molecular weight excluding hydrogens is 392 g/mol. The van der Waals surface area contributed by atoms with E-state index in [-0.39, 0.29) is 52.4 Å². The van der Waals surface area contributed by atoms with Crippen LogP contribution in [0, 0.1) is 34.5 Å². The second kappa shape index (κ2) is 9.38. The summed E-state index contributed by atoms with van der Waals surface area (Å²) in [5, 5.41) is 14.8. The first-order valence-corrected chi connectivity index (χ1v) is 12.3. The second-order valence-electron chi connectivity index (χ2n) is 11.9. The van der Waals surface area contributed by atoms with Crippen LogP contribution in [0.2, 0.25) is 0 Å². The number of aliphatic hydroxyl groups excluding tert-OH is 1. The number of carbonyl (C=O) groups excluding carboxylic acids is 2. The number of morpholine rings is 1. The van der Waals surface area contributed by atoms with Crippen molar-refractivity contribution in [1.29, 1.82) is 0 Å². The number of rotatable bonds is 4. The van der Waals surface area contributed by atoms with Gasteiger partial charge in [-0.25, -0.2) is 0 Å². The quantitative estimate of drug-likeness (QED) is 0.709. The maximum absolute atomic E-state index is 13.1. The number of aliphatic hydroxyl groups is 1. The van der Waals surface area contributed by atoms with Gasteiger partial charge in [-0.3, -0.25) is 9.59 Å². The zero-order chi connectivity index (χ0) is 23.0. The van der Waals surface area contributed by atoms with Crippen molar-refractivity contribution in [3.05, 3.63) is 0 Å². The molecule has 2 saturated carbocycles. The van der Waals surface area contributed by atoms with E-state index in [1.54, 1.807) is 0 Å². The van der Waals surface area contributed by atoms with E-state index in [0.717, 1.165) is 25.7 Å². The summed E-state index contributed by atoms with van der Waals surface area (Å²) in [5.74, 6) is 0.312. The monoisotopic (exact) mass is 436 g/mol. The Labute approximate surface area is 188 Å². The fraction of sp³-hybridized carbons (Fsp3) is 0.920. The lowest BCUT2D eigenvalue weighted by atomic mass is 9.51. The van der Waals surface area contributed by atoms with Crippen LogP contribution < -0.4 is 5.32 Å². The van der Waals surface area contributed by atoms with Gasteiger partial charge < -0.3 is 20.1 Å². The van der Waals surface area contributed by atoms with Gasteiger partial charge in [0.1, 0.15) is 0 Å². The van der Waals surface area contributed by atoms with Gasteiger partial charge in [-0.05, 0) is 54.3 Å². The second-order valence-corrected chi connectivity index (χ2v) is 11.9. The van der Waals surface area contributed by atoms with Crippen molar-refractivity contribution in [3.8, 4) is 0 Å². The summed E-state index contributed by atoms with van der Waals surface area (Å²) in [5.41, 5.74) is 0.0313. The van der Waals surface area contributed by atoms with E-state index in [0.29, 0.717) is 32.7 Å². The Morgan fingerprint density at radius 3 is 2.42 bits per heavy atom. The van der Waals surface area contributed by atoms with E-state index in [9.17, 15) is 14.7 Å². The predicted octanol–water partition coefficient (Wildman–Crippen LogP) is 3.23. The van der Waals surface area contributed by atoms with Crippen LogP contribution in [0.5, 0.6) is 0 Å². The topological polar surface area (TPSA) is 78.9 Å². The van der Waals surface area contributed by atoms with Gasteiger partial charge in [0.2, 0.25) is 11.8 Å². The molecule has 2 aliphatic carbocycles. The van der Waals surface area contributed by atoms with E-state index in [2.05, 4.69) is 39.9 Å². The average Bonchev–Trinajstić information content (AvgIpc) is 2.68. The van der Waals surface area contributed by atoms with E-state index < -0.39 is 6.10 Å². The van der Waals surface area contributed by atoms with E-state index in [1.165, 1.54) is 0 Å². The zero-order valence-electron chi connectivity index (χ0n) is 20.4. The SMILES string of the molecule is CC(C(=O)N1CCOCC1)C1CCC2(C)CCC(NC(=O)CC(C)(C)C)C(C)C2C1O. The number of hydrogen-bond donors (Lipinski definition) is 2. The summed E-state index contributed by atoms with van der Waals surface area (Å²) in [4.78, 5) is 27.6. The minimum Gasteiger partial charge on any atom is -0.392 e. The van der Waals surface area contributed by atoms with Crippen molar-refractivity contribution in [3.63, 3.8) is 0 Å². The molecule has 6 heteroatoms. The van der Waals surface area contributed by atoms with Crippen LogP contribution in [-0.4, -0.2) is 60.3 Å². The van der Waals surface area contributed by atoms with Gasteiger partial charge in [-0.15, -0.1) is 0 Å². The minimum atomic E-state index is -0.518. The lowest BCUT2D eigenvalue weighted by Gasteiger charge is -2.56. The Hall–Kier alpha value is -1.14. The molecule has 0 aromatic rings. The van der Waals surface area contributed by atoms with E-state index in [1.807, 2.05) is 11.8 Å². The molecule has 3 aliphatic rings. The fourth-order valence-electron chi connectivity index (χ4n) is 6.49. The van der Waals surface area contributed by atoms with Gasteiger partial charge in [0.25, 0.3) is 0 Å². The number of hydrogen-bond acceptors (Lipinski definition) is 4. The molecule has 7 atom stereocenters. The highest BCUT2D eigenvalue weighted by Crippen LogP contribution is 2.55. The lowest BCUT2D eigenvalue weighted by Crippen LogP contribution is -2.59. The molecule has 7 unspecified atom stereocenters. The molecule has 2 amide bonds. The summed E-state index contributed by atoms with van der Waals surface area (Å²) in [7, 11) is 0. The normalized spacial score (nSPS) is 37.6. The maximum Gasteiger partial charge on any atom is 0.225 e. The number of nitrogens with one attached hydrogen (secondary N) is 1. The highest BCUT2D eigenvalue weighted by Gasteiger charge is 2.54. The Kier molecular flexibility index (Phi) is 7.42. The Balaban J connectivity index is 1.70. The van der Waals surface area contributed by atoms with Gasteiger partial charge in [-0.2, -0.15) is 0 Å². The van der Waals surface area contributed by atoms with Gasteiger partial charge >= 0.3 is 0 Å². The van der Waals surface area contributed by atoms with Gasteiger partial charge in [0.15, 0.2) is 0 Å². The summed E-state index contributed by atoms with van der Waals surface area (Å²) in [6.45, 7) is 15.2. The molecule has 2 N–H and O–H groups in total.